The molecule has 4 heteroatoms. The van der Waals surface area contributed by atoms with E-state index in [-0.39, 0.29) is 5.91 Å². The lowest BCUT2D eigenvalue weighted by atomic mass is 10.0. The topological polar surface area (TPSA) is 46.4 Å². The van der Waals surface area contributed by atoms with E-state index < -0.39 is 0 Å². The van der Waals surface area contributed by atoms with Crippen molar-refractivity contribution in [3.63, 3.8) is 0 Å². The Morgan fingerprint density at radius 1 is 1.04 bits per heavy atom. The fourth-order valence-electron chi connectivity index (χ4n) is 2.94. The Bertz CT molecular complexity index is 951. The molecule has 1 heterocycles. The zero-order valence-electron chi connectivity index (χ0n) is 16.2. The van der Waals surface area contributed by atoms with Crippen molar-refractivity contribution in [3.05, 3.63) is 88.7 Å². The highest BCUT2D eigenvalue weighted by Gasteiger charge is 2.11. The largest absolute Gasteiger partial charge is 0.270 e. The molecule has 138 valence electrons. The maximum atomic E-state index is 12.4. The number of rotatable bonds is 5. The van der Waals surface area contributed by atoms with E-state index in [1.54, 1.807) is 16.8 Å². The predicted octanol–water partition coefficient (Wildman–Crippen LogP) is 5.36. The number of hydrogen-bond donors (Lipinski definition) is 1. The molecule has 0 aliphatic rings. The van der Waals surface area contributed by atoms with Crippen LogP contribution in [-0.4, -0.2) is 16.8 Å². The Kier molecular flexibility index (Phi) is 5.55. The number of aryl methyl sites for hydroxylation is 1. The van der Waals surface area contributed by atoms with Gasteiger partial charge in [-0.15, -0.1) is 0 Å². The zero-order chi connectivity index (χ0) is 19.4. The summed E-state index contributed by atoms with van der Waals surface area (Å²) in [6, 6.07) is 19.5. The highest BCUT2D eigenvalue weighted by Crippen LogP contribution is 2.20. The number of carbonyl (C=O) groups excluding carboxylic acids is 1. The highest BCUT2D eigenvalue weighted by molar-refractivity contribution is 6.00. The fraction of sp³-hybridized carbons (Fsp3) is 0.217. The van der Waals surface area contributed by atoms with Gasteiger partial charge in [0.25, 0.3) is 5.91 Å². The van der Waals surface area contributed by atoms with Gasteiger partial charge in [-0.2, -0.15) is 0 Å². The Labute approximate surface area is 160 Å². The third-order valence-electron chi connectivity index (χ3n) is 4.63. The van der Waals surface area contributed by atoms with E-state index in [2.05, 4.69) is 36.4 Å². The van der Waals surface area contributed by atoms with E-state index >= 15 is 0 Å². The third-order valence-corrected chi connectivity index (χ3v) is 4.63. The lowest BCUT2D eigenvalue weighted by molar-refractivity contribution is 0.101. The highest BCUT2D eigenvalue weighted by atomic mass is 16.2. The van der Waals surface area contributed by atoms with Crippen molar-refractivity contribution >= 4 is 17.8 Å². The Balaban J connectivity index is 1.78. The lowest BCUT2D eigenvalue weighted by Gasteiger charge is -2.11. The van der Waals surface area contributed by atoms with Gasteiger partial charge in [0.2, 0.25) is 0 Å². The number of benzene rings is 2. The van der Waals surface area contributed by atoms with Gasteiger partial charge < -0.3 is 0 Å². The fourth-order valence-corrected chi connectivity index (χ4v) is 2.94. The van der Waals surface area contributed by atoms with Crippen LogP contribution in [-0.2, 0) is 0 Å². The van der Waals surface area contributed by atoms with Gasteiger partial charge in [-0.3, -0.25) is 19.9 Å². The van der Waals surface area contributed by atoms with Crippen molar-refractivity contribution in [3.8, 4) is 0 Å². The van der Waals surface area contributed by atoms with Crippen LogP contribution in [0.15, 0.2) is 65.7 Å². The summed E-state index contributed by atoms with van der Waals surface area (Å²) >= 11 is 0. The number of hydrogen-bond acceptors (Lipinski definition) is 2. The molecule has 0 spiro atoms. The van der Waals surface area contributed by atoms with Gasteiger partial charge in [-0.05, 0) is 55.7 Å². The summed E-state index contributed by atoms with van der Waals surface area (Å²) in [5.41, 5.74) is 8.67. The van der Waals surface area contributed by atoms with Gasteiger partial charge in [0.1, 0.15) is 0 Å². The van der Waals surface area contributed by atoms with Crippen molar-refractivity contribution in [1.29, 1.82) is 0 Å². The standard InChI is InChI=1S/C23H25N3O/c1-16(2)19-10-12-22(13-11-19)24-15-21-14-17(3)26(18(21)4)25-23(27)20-8-6-5-7-9-20/h5-16H,1-4H3,(H,25,27). The van der Waals surface area contributed by atoms with Crippen LogP contribution < -0.4 is 5.43 Å². The molecule has 0 saturated carbocycles. The second-order valence-corrected chi connectivity index (χ2v) is 6.97. The number of nitrogens with zero attached hydrogens (tertiary/aromatic N) is 2. The average Bonchev–Trinajstić information content (AvgIpc) is 2.95. The van der Waals surface area contributed by atoms with Crippen molar-refractivity contribution in [2.75, 3.05) is 5.43 Å². The van der Waals surface area contributed by atoms with Gasteiger partial charge >= 0.3 is 0 Å². The third kappa shape index (κ3) is 4.34. The van der Waals surface area contributed by atoms with E-state index in [9.17, 15) is 4.79 Å². The SMILES string of the molecule is Cc1cc(C=Nc2ccc(C(C)C)cc2)c(C)n1NC(=O)c1ccccc1. The second-order valence-electron chi connectivity index (χ2n) is 6.97. The summed E-state index contributed by atoms with van der Waals surface area (Å²) in [7, 11) is 0. The molecule has 1 N–H and O–H groups in total. The molecule has 4 nitrogen and oxygen atoms in total. The molecule has 0 aliphatic carbocycles. The first kappa shape index (κ1) is 18.6. The van der Waals surface area contributed by atoms with Crippen LogP contribution >= 0.6 is 0 Å². The van der Waals surface area contributed by atoms with E-state index in [1.165, 1.54) is 5.56 Å². The molecule has 2 aromatic carbocycles. The molecule has 3 rings (SSSR count). The average molecular weight is 359 g/mol. The first-order valence-electron chi connectivity index (χ1n) is 9.15. The molecule has 0 unspecified atom stereocenters. The monoisotopic (exact) mass is 359 g/mol. The molecule has 1 amide bonds. The minimum absolute atomic E-state index is 0.134. The number of nitrogens with one attached hydrogen (secondary N) is 1. The molecular weight excluding hydrogens is 334 g/mol. The van der Waals surface area contributed by atoms with E-state index in [0.29, 0.717) is 11.5 Å². The first-order chi connectivity index (χ1) is 13.0. The van der Waals surface area contributed by atoms with Crippen LogP contribution in [0.25, 0.3) is 0 Å². The predicted molar refractivity (Wildman–Crippen MR) is 112 cm³/mol. The first-order valence-corrected chi connectivity index (χ1v) is 9.15. The normalized spacial score (nSPS) is 11.3. The van der Waals surface area contributed by atoms with Gasteiger partial charge in [0.15, 0.2) is 0 Å². The van der Waals surface area contributed by atoms with Crippen LogP contribution in [0.1, 0.15) is 52.6 Å². The molecule has 0 atom stereocenters. The van der Waals surface area contributed by atoms with Crippen molar-refractivity contribution in [2.45, 2.75) is 33.6 Å². The molecule has 0 radical (unpaired) electrons. The summed E-state index contributed by atoms with van der Waals surface area (Å²) < 4.78 is 1.80. The van der Waals surface area contributed by atoms with Crippen molar-refractivity contribution < 1.29 is 4.79 Å². The zero-order valence-corrected chi connectivity index (χ0v) is 16.2. The minimum Gasteiger partial charge on any atom is -0.267 e. The second kappa shape index (κ2) is 8.04. The van der Waals surface area contributed by atoms with Crippen molar-refractivity contribution in [1.82, 2.24) is 4.68 Å². The molecule has 3 aromatic rings. The summed E-state index contributed by atoms with van der Waals surface area (Å²) in [4.78, 5) is 17.0. The molecule has 1 aromatic heterocycles. The van der Waals surface area contributed by atoms with Crippen molar-refractivity contribution in [2.24, 2.45) is 4.99 Å². The summed E-state index contributed by atoms with van der Waals surface area (Å²) in [5.74, 6) is 0.375. The maximum Gasteiger partial charge on any atom is 0.270 e. The van der Waals surface area contributed by atoms with Crippen LogP contribution in [0.4, 0.5) is 5.69 Å². The summed E-state index contributed by atoms with van der Waals surface area (Å²) in [6.07, 6.45) is 1.85. The molecule has 0 fully saturated rings. The molecule has 27 heavy (non-hydrogen) atoms. The maximum absolute atomic E-state index is 12.4. The Morgan fingerprint density at radius 3 is 2.33 bits per heavy atom. The van der Waals surface area contributed by atoms with Crippen LogP contribution in [0.3, 0.4) is 0 Å². The number of aromatic nitrogens is 1. The molecule has 0 saturated heterocycles. The summed E-state index contributed by atoms with van der Waals surface area (Å²) in [5, 5.41) is 0. The minimum atomic E-state index is -0.134. The van der Waals surface area contributed by atoms with E-state index in [1.807, 2.05) is 56.5 Å². The van der Waals surface area contributed by atoms with Gasteiger partial charge in [0.05, 0.1) is 5.69 Å². The number of aliphatic imine (C=N–C) groups is 1. The summed E-state index contributed by atoms with van der Waals surface area (Å²) in [6.45, 7) is 8.29. The molecular formula is C23H25N3O. The van der Waals surface area contributed by atoms with Crippen LogP contribution in [0, 0.1) is 13.8 Å². The Hall–Kier alpha value is -3.14. The van der Waals surface area contributed by atoms with Gasteiger partial charge in [-0.25, -0.2) is 0 Å². The molecule has 0 bridgehead atoms. The smallest absolute Gasteiger partial charge is 0.267 e. The van der Waals surface area contributed by atoms with Crippen LogP contribution in [0.5, 0.6) is 0 Å². The lowest BCUT2D eigenvalue weighted by Crippen LogP contribution is -2.24. The number of carbonyl (C=O) groups is 1. The molecule has 0 aliphatic heterocycles. The van der Waals surface area contributed by atoms with Gasteiger partial charge in [0, 0.05) is 28.7 Å². The van der Waals surface area contributed by atoms with Gasteiger partial charge in [-0.1, -0.05) is 44.2 Å². The van der Waals surface area contributed by atoms with Crippen LogP contribution in [0.2, 0.25) is 0 Å². The Morgan fingerprint density at radius 2 is 1.70 bits per heavy atom. The van der Waals surface area contributed by atoms with E-state index in [0.717, 1.165) is 22.6 Å². The van der Waals surface area contributed by atoms with E-state index in [4.69, 9.17) is 0 Å². The number of amides is 1. The quantitative estimate of drug-likeness (QED) is 0.612.